The summed E-state index contributed by atoms with van der Waals surface area (Å²) in [5.41, 5.74) is 5.32. The van der Waals surface area contributed by atoms with Gasteiger partial charge in [0.25, 0.3) is 0 Å². The average molecular weight is 187 g/mol. The second kappa shape index (κ2) is 3.64. The molecule has 12 heavy (non-hydrogen) atoms. The Morgan fingerprint density at radius 2 is 2.42 bits per heavy atom. The van der Waals surface area contributed by atoms with Crippen LogP contribution < -0.4 is 5.73 Å². The van der Waals surface area contributed by atoms with Gasteiger partial charge >= 0.3 is 5.97 Å². The van der Waals surface area contributed by atoms with Crippen molar-refractivity contribution >= 4 is 18.6 Å². The molecule has 0 amide bonds. The molecule has 1 rings (SSSR count). The highest BCUT2D eigenvalue weighted by Gasteiger charge is 2.24. The fraction of sp³-hybridized carbons (Fsp3) is 0.286. The van der Waals surface area contributed by atoms with E-state index in [2.05, 4.69) is 12.6 Å². The van der Waals surface area contributed by atoms with Gasteiger partial charge in [0.1, 0.15) is 11.8 Å². The average Bonchev–Trinajstić information content (AvgIpc) is 2.53. The molecule has 66 valence electrons. The molecule has 1 heterocycles. The normalized spacial score (nSPS) is 15.5. The number of nitrogens with two attached hydrogens (primary N) is 1. The summed E-state index contributed by atoms with van der Waals surface area (Å²) >= 11 is 4.02. The predicted octanol–water partition coefficient (Wildman–Crippen LogP) is 0.662. The van der Waals surface area contributed by atoms with Gasteiger partial charge in [-0.25, -0.2) is 0 Å². The standard InChI is InChI=1S/C7H9NO3S/c8-5(7(9)10)6(12)4-2-1-3-11-4/h1-3,5-6,12H,8H2,(H,9,10). The van der Waals surface area contributed by atoms with Gasteiger partial charge in [-0.1, -0.05) is 0 Å². The van der Waals surface area contributed by atoms with Crippen LogP contribution in [-0.2, 0) is 4.79 Å². The number of rotatable bonds is 3. The predicted molar refractivity (Wildman–Crippen MR) is 46.0 cm³/mol. The molecule has 0 aliphatic heterocycles. The Hall–Kier alpha value is -0.940. The van der Waals surface area contributed by atoms with Gasteiger partial charge in [-0.2, -0.15) is 12.6 Å². The first-order valence-electron chi connectivity index (χ1n) is 3.33. The molecule has 0 saturated carbocycles. The molecule has 4 nitrogen and oxygen atoms in total. The Balaban J connectivity index is 2.71. The largest absolute Gasteiger partial charge is 0.480 e. The number of furan rings is 1. The summed E-state index contributed by atoms with van der Waals surface area (Å²) in [4.78, 5) is 10.4. The van der Waals surface area contributed by atoms with Crippen LogP contribution in [0.25, 0.3) is 0 Å². The molecule has 0 aliphatic carbocycles. The monoisotopic (exact) mass is 187 g/mol. The van der Waals surface area contributed by atoms with Crippen molar-refractivity contribution in [2.45, 2.75) is 11.3 Å². The maximum atomic E-state index is 10.4. The van der Waals surface area contributed by atoms with Gasteiger partial charge < -0.3 is 15.3 Å². The van der Waals surface area contributed by atoms with E-state index in [-0.39, 0.29) is 0 Å². The zero-order valence-corrected chi connectivity index (χ0v) is 7.07. The van der Waals surface area contributed by atoms with Crippen LogP contribution in [0.5, 0.6) is 0 Å². The van der Waals surface area contributed by atoms with E-state index in [1.165, 1.54) is 6.26 Å². The molecular weight excluding hydrogens is 178 g/mol. The van der Waals surface area contributed by atoms with Gasteiger partial charge in [0.15, 0.2) is 0 Å². The molecule has 5 heteroatoms. The molecule has 0 radical (unpaired) electrons. The van der Waals surface area contributed by atoms with Crippen LogP contribution in [0.1, 0.15) is 11.0 Å². The number of carboxylic acid groups (broad SMARTS) is 1. The van der Waals surface area contributed by atoms with Gasteiger partial charge in [0.05, 0.1) is 11.5 Å². The second-order valence-electron chi connectivity index (χ2n) is 2.32. The van der Waals surface area contributed by atoms with Crippen molar-refractivity contribution in [2.24, 2.45) is 5.73 Å². The molecule has 0 aliphatic rings. The Labute approximate surface area is 74.8 Å². The fourth-order valence-corrected chi connectivity index (χ4v) is 1.05. The van der Waals surface area contributed by atoms with Crippen molar-refractivity contribution in [3.05, 3.63) is 24.2 Å². The summed E-state index contributed by atoms with van der Waals surface area (Å²) < 4.78 is 4.95. The molecule has 0 bridgehead atoms. The Bertz CT molecular complexity index is 260. The fourth-order valence-electron chi connectivity index (χ4n) is 0.772. The Kier molecular flexibility index (Phi) is 2.78. The highest BCUT2D eigenvalue weighted by atomic mass is 32.1. The maximum Gasteiger partial charge on any atom is 0.322 e. The van der Waals surface area contributed by atoms with E-state index in [4.69, 9.17) is 15.3 Å². The van der Waals surface area contributed by atoms with E-state index in [0.29, 0.717) is 5.76 Å². The summed E-state index contributed by atoms with van der Waals surface area (Å²) in [5.74, 6) is -0.625. The SMILES string of the molecule is NC(C(=O)O)C(S)c1ccco1. The molecule has 1 aromatic rings. The van der Waals surface area contributed by atoms with E-state index in [9.17, 15) is 4.79 Å². The summed E-state index contributed by atoms with van der Waals surface area (Å²) in [6.45, 7) is 0. The minimum Gasteiger partial charge on any atom is -0.480 e. The van der Waals surface area contributed by atoms with Crippen LogP contribution in [0.4, 0.5) is 0 Å². The molecular formula is C7H9NO3S. The number of carboxylic acids is 1. The lowest BCUT2D eigenvalue weighted by Crippen LogP contribution is -2.34. The first-order chi connectivity index (χ1) is 5.63. The number of hydrogen-bond acceptors (Lipinski definition) is 4. The van der Waals surface area contributed by atoms with Crippen molar-refractivity contribution < 1.29 is 14.3 Å². The van der Waals surface area contributed by atoms with Gasteiger partial charge in [-0.15, -0.1) is 0 Å². The van der Waals surface area contributed by atoms with E-state index in [0.717, 1.165) is 0 Å². The van der Waals surface area contributed by atoms with Crippen LogP contribution in [0.15, 0.2) is 22.8 Å². The smallest absolute Gasteiger partial charge is 0.322 e. The summed E-state index contributed by atoms with van der Waals surface area (Å²) in [6, 6.07) is 2.26. The zero-order chi connectivity index (χ0) is 9.14. The molecule has 0 fully saturated rings. The highest BCUT2D eigenvalue weighted by Crippen LogP contribution is 2.22. The van der Waals surface area contributed by atoms with E-state index in [1.807, 2.05) is 0 Å². The topological polar surface area (TPSA) is 76.5 Å². The van der Waals surface area contributed by atoms with Crippen molar-refractivity contribution in [1.29, 1.82) is 0 Å². The lowest BCUT2D eigenvalue weighted by atomic mass is 10.2. The molecule has 2 atom stereocenters. The number of carbonyl (C=O) groups is 1. The molecule has 0 saturated heterocycles. The van der Waals surface area contributed by atoms with E-state index >= 15 is 0 Å². The quantitative estimate of drug-likeness (QED) is 0.607. The van der Waals surface area contributed by atoms with Crippen LogP contribution in [0, 0.1) is 0 Å². The van der Waals surface area contributed by atoms with Gasteiger partial charge in [0.2, 0.25) is 0 Å². The third-order valence-electron chi connectivity index (χ3n) is 1.46. The van der Waals surface area contributed by atoms with Crippen LogP contribution in [0.3, 0.4) is 0 Å². The lowest BCUT2D eigenvalue weighted by Gasteiger charge is -2.11. The molecule has 3 N–H and O–H groups in total. The van der Waals surface area contributed by atoms with Gasteiger partial charge in [-0.05, 0) is 12.1 Å². The number of hydrogen-bond donors (Lipinski definition) is 3. The van der Waals surface area contributed by atoms with Gasteiger partial charge in [0, 0.05) is 0 Å². The first kappa shape index (κ1) is 9.15. The van der Waals surface area contributed by atoms with Crippen LogP contribution >= 0.6 is 12.6 Å². The first-order valence-corrected chi connectivity index (χ1v) is 3.84. The number of thiol groups is 1. The third kappa shape index (κ3) is 1.80. The van der Waals surface area contributed by atoms with Crippen LogP contribution in [0.2, 0.25) is 0 Å². The van der Waals surface area contributed by atoms with Crippen molar-refractivity contribution in [1.82, 2.24) is 0 Å². The van der Waals surface area contributed by atoms with Crippen LogP contribution in [-0.4, -0.2) is 17.1 Å². The van der Waals surface area contributed by atoms with E-state index in [1.54, 1.807) is 12.1 Å². The zero-order valence-electron chi connectivity index (χ0n) is 6.18. The second-order valence-corrected chi connectivity index (χ2v) is 2.88. The number of aliphatic carboxylic acids is 1. The molecule has 0 spiro atoms. The molecule has 0 aromatic carbocycles. The Morgan fingerprint density at radius 3 is 2.83 bits per heavy atom. The molecule has 2 unspecified atom stereocenters. The Morgan fingerprint density at radius 1 is 1.75 bits per heavy atom. The highest BCUT2D eigenvalue weighted by molar-refractivity contribution is 7.80. The van der Waals surface area contributed by atoms with Gasteiger partial charge in [-0.3, -0.25) is 4.79 Å². The van der Waals surface area contributed by atoms with Crippen molar-refractivity contribution in [3.63, 3.8) is 0 Å². The molecule has 1 aromatic heterocycles. The minimum atomic E-state index is -1.09. The minimum absolute atomic E-state index is 0.466. The maximum absolute atomic E-state index is 10.4. The van der Waals surface area contributed by atoms with E-state index < -0.39 is 17.3 Å². The van der Waals surface area contributed by atoms with Crippen molar-refractivity contribution in [3.8, 4) is 0 Å². The summed E-state index contributed by atoms with van der Waals surface area (Å²) in [6.07, 6.45) is 1.45. The van der Waals surface area contributed by atoms with Crippen molar-refractivity contribution in [2.75, 3.05) is 0 Å². The lowest BCUT2D eigenvalue weighted by molar-refractivity contribution is -0.138. The third-order valence-corrected chi connectivity index (χ3v) is 2.04. The summed E-state index contributed by atoms with van der Waals surface area (Å²) in [5, 5.41) is 7.94. The summed E-state index contributed by atoms with van der Waals surface area (Å²) in [7, 11) is 0.